The molecule has 0 aliphatic heterocycles. The van der Waals surface area contributed by atoms with Crippen LogP contribution in [0.1, 0.15) is 27.8 Å². The van der Waals surface area contributed by atoms with Crippen LogP contribution in [0, 0.1) is 24.0 Å². The Morgan fingerprint density at radius 2 is 1.78 bits per heavy atom. The zero-order valence-electron chi connectivity index (χ0n) is 20.4. The van der Waals surface area contributed by atoms with E-state index in [-0.39, 0.29) is 23.1 Å². The van der Waals surface area contributed by atoms with Crippen LogP contribution in [0.3, 0.4) is 0 Å². The molecule has 0 saturated heterocycles. The number of ether oxygens (including phenoxy) is 2. The molecule has 37 heavy (non-hydrogen) atoms. The number of nitrogens with zero attached hydrogens (tertiary/aromatic N) is 4. The number of hydrogen-bond donors (Lipinski definition) is 0. The average molecular weight is 559 g/mol. The van der Waals surface area contributed by atoms with E-state index in [2.05, 4.69) is 10.2 Å². The monoisotopic (exact) mass is 558 g/mol. The van der Waals surface area contributed by atoms with E-state index < -0.39 is 5.25 Å². The zero-order valence-corrected chi connectivity index (χ0v) is 22.7. The Hall–Kier alpha value is -3.27. The van der Waals surface area contributed by atoms with Gasteiger partial charge in [0.1, 0.15) is 17.7 Å². The van der Waals surface area contributed by atoms with E-state index in [1.807, 2.05) is 60.9 Å². The number of hydrogen-bond acceptors (Lipinski definition) is 7. The molecule has 0 saturated carbocycles. The Balaban J connectivity index is 1.66. The summed E-state index contributed by atoms with van der Waals surface area (Å²) in [6, 6.07) is 18.6. The molecule has 4 rings (SSSR count). The molecular weight excluding hydrogens is 535 g/mol. The van der Waals surface area contributed by atoms with Crippen molar-refractivity contribution < 1.29 is 14.4 Å². The highest BCUT2D eigenvalue weighted by atomic mass is 35.5. The molecule has 8 nitrogen and oxygen atoms in total. The van der Waals surface area contributed by atoms with Crippen molar-refractivity contribution in [3.05, 3.63) is 103 Å². The van der Waals surface area contributed by atoms with Crippen molar-refractivity contribution in [2.75, 3.05) is 13.7 Å². The van der Waals surface area contributed by atoms with Gasteiger partial charge in [0.05, 0.1) is 12.1 Å². The van der Waals surface area contributed by atoms with Gasteiger partial charge in [-0.3, -0.25) is 14.7 Å². The van der Waals surface area contributed by atoms with Gasteiger partial charge in [-0.15, -0.1) is 10.2 Å². The predicted octanol–water partition coefficient (Wildman–Crippen LogP) is 6.89. The second kappa shape index (κ2) is 11.9. The Kier molecular flexibility index (Phi) is 8.58. The topological polar surface area (TPSA) is 92.3 Å². The van der Waals surface area contributed by atoms with Crippen LogP contribution in [0.4, 0.5) is 0 Å². The number of rotatable bonds is 10. The molecule has 0 spiro atoms. The molecule has 11 heteroatoms. The van der Waals surface area contributed by atoms with Crippen molar-refractivity contribution in [3.63, 3.8) is 0 Å². The number of halogens is 2. The molecule has 4 aromatic rings. The van der Waals surface area contributed by atoms with Crippen molar-refractivity contribution in [2.45, 2.75) is 30.9 Å². The Morgan fingerprint density at radius 1 is 1.05 bits per heavy atom. The molecule has 1 aromatic heterocycles. The number of thioether (sulfide) groups is 1. The Labute approximate surface area is 228 Å². The molecule has 0 aliphatic carbocycles. The minimum Gasteiger partial charge on any atom is -0.493 e. The number of aromatic nitrogens is 3. The number of nitro groups is 1. The molecule has 0 amide bonds. The lowest BCUT2D eigenvalue weighted by molar-refractivity contribution is -0.479. The molecule has 0 fully saturated rings. The highest BCUT2D eigenvalue weighted by molar-refractivity contribution is 7.99. The van der Waals surface area contributed by atoms with Crippen LogP contribution in [0.25, 0.3) is 5.69 Å². The van der Waals surface area contributed by atoms with Gasteiger partial charge in [0, 0.05) is 21.2 Å². The second-order valence-electron chi connectivity index (χ2n) is 8.24. The third-order valence-electron chi connectivity index (χ3n) is 5.60. The summed E-state index contributed by atoms with van der Waals surface area (Å²) in [4.78, 5) is 11.3. The summed E-state index contributed by atoms with van der Waals surface area (Å²) in [5.41, 5.74) is 3.38. The van der Waals surface area contributed by atoms with Crippen LogP contribution in [0.5, 0.6) is 11.5 Å². The normalized spacial score (nSPS) is 11.8. The Morgan fingerprint density at radius 3 is 2.46 bits per heavy atom. The van der Waals surface area contributed by atoms with Crippen molar-refractivity contribution in [2.24, 2.45) is 0 Å². The van der Waals surface area contributed by atoms with Gasteiger partial charge in [-0.05, 0) is 49.7 Å². The number of aryl methyl sites for hydroxylation is 2. The van der Waals surface area contributed by atoms with E-state index in [1.165, 1.54) is 18.9 Å². The van der Waals surface area contributed by atoms with Gasteiger partial charge < -0.3 is 9.47 Å². The van der Waals surface area contributed by atoms with Crippen molar-refractivity contribution >= 4 is 35.0 Å². The molecule has 0 bridgehead atoms. The molecule has 0 aliphatic rings. The third-order valence-corrected chi connectivity index (χ3v) is 7.43. The summed E-state index contributed by atoms with van der Waals surface area (Å²) in [6.07, 6.45) is 0. The van der Waals surface area contributed by atoms with E-state index in [4.69, 9.17) is 32.7 Å². The maximum absolute atomic E-state index is 11.6. The van der Waals surface area contributed by atoms with Gasteiger partial charge in [0.15, 0.2) is 16.7 Å². The highest BCUT2D eigenvalue weighted by Crippen LogP contribution is 2.43. The van der Waals surface area contributed by atoms with Crippen LogP contribution in [-0.2, 0) is 6.61 Å². The highest BCUT2D eigenvalue weighted by Gasteiger charge is 2.26. The largest absolute Gasteiger partial charge is 0.493 e. The molecule has 3 aromatic carbocycles. The maximum atomic E-state index is 11.6. The fourth-order valence-electron chi connectivity index (χ4n) is 3.71. The first-order valence-corrected chi connectivity index (χ1v) is 12.9. The van der Waals surface area contributed by atoms with E-state index in [0.717, 1.165) is 16.8 Å². The van der Waals surface area contributed by atoms with Gasteiger partial charge >= 0.3 is 0 Å². The summed E-state index contributed by atoms with van der Waals surface area (Å²) < 4.78 is 13.4. The zero-order chi connectivity index (χ0) is 26.5. The molecule has 0 N–H and O–H groups in total. The number of methoxy groups -OCH3 is 1. The SMILES string of the molecule is COc1cc([C@H](C[N+](=O)[O-])Sc2nnc(C)n2-c2ccc(C)cc2)cc(Cl)c1OCc1ccccc1Cl. The summed E-state index contributed by atoms with van der Waals surface area (Å²) >= 11 is 14.1. The summed E-state index contributed by atoms with van der Waals surface area (Å²) in [6.45, 7) is 3.67. The molecule has 0 radical (unpaired) electrons. The van der Waals surface area contributed by atoms with E-state index >= 15 is 0 Å². The fourth-order valence-corrected chi connectivity index (χ4v) is 5.33. The quantitative estimate of drug-likeness (QED) is 0.119. The summed E-state index contributed by atoms with van der Waals surface area (Å²) in [5.74, 6) is 1.36. The average Bonchev–Trinajstić information content (AvgIpc) is 3.23. The van der Waals surface area contributed by atoms with E-state index in [1.54, 1.807) is 18.2 Å². The van der Waals surface area contributed by atoms with Gasteiger partial charge in [-0.1, -0.05) is 70.9 Å². The van der Waals surface area contributed by atoms with E-state index in [9.17, 15) is 10.1 Å². The molecule has 1 heterocycles. The summed E-state index contributed by atoms with van der Waals surface area (Å²) in [7, 11) is 1.49. The molecule has 192 valence electrons. The van der Waals surface area contributed by atoms with Crippen molar-refractivity contribution in [1.29, 1.82) is 0 Å². The third kappa shape index (κ3) is 6.36. The smallest absolute Gasteiger partial charge is 0.220 e. The minimum atomic E-state index is -0.619. The Bertz CT molecular complexity index is 1410. The first kappa shape index (κ1) is 26.8. The van der Waals surface area contributed by atoms with Gasteiger partial charge in [0.2, 0.25) is 6.54 Å². The van der Waals surface area contributed by atoms with Gasteiger partial charge in [0.25, 0.3) is 0 Å². The van der Waals surface area contributed by atoms with Crippen LogP contribution in [0.2, 0.25) is 10.0 Å². The van der Waals surface area contributed by atoms with Gasteiger partial charge in [-0.25, -0.2) is 0 Å². The lowest BCUT2D eigenvalue weighted by atomic mass is 10.1. The predicted molar refractivity (Wildman–Crippen MR) is 145 cm³/mol. The van der Waals surface area contributed by atoms with Crippen molar-refractivity contribution in [3.8, 4) is 17.2 Å². The minimum absolute atomic E-state index is 0.182. The van der Waals surface area contributed by atoms with Crippen LogP contribution in [-0.4, -0.2) is 33.3 Å². The molecule has 0 unspecified atom stereocenters. The van der Waals surface area contributed by atoms with Crippen LogP contribution < -0.4 is 9.47 Å². The lowest BCUT2D eigenvalue weighted by Gasteiger charge is -2.18. The van der Waals surface area contributed by atoms with Crippen molar-refractivity contribution in [1.82, 2.24) is 14.8 Å². The van der Waals surface area contributed by atoms with Crippen LogP contribution >= 0.6 is 35.0 Å². The first-order valence-electron chi connectivity index (χ1n) is 11.3. The second-order valence-corrected chi connectivity index (χ2v) is 10.2. The van der Waals surface area contributed by atoms with Crippen LogP contribution in [0.15, 0.2) is 65.8 Å². The lowest BCUT2D eigenvalue weighted by Crippen LogP contribution is -2.12. The standard InChI is InChI=1S/C26H24Cl2N4O4S/c1-16-8-10-20(11-9-16)32-17(2)29-30-26(32)37-24(14-31(33)34)19-12-22(28)25(23(13-19)35-3)36-15-18-6-4-5-7-21(18)27/h4-13,24H,14-15H2,1-3H3/t24-/m0/s1. The summed E-state index contributed by atoms with van der Waals surface area (Å²) in [5, 5.41) is 20.9. The number of benzene rings is 3. The molecular formula is C26H24Cl2N4O4S. The molecule has 1 atom stereocenters. The first-order chi connectivity index (χ1) is 17.8. The fraction of sp³-hybridized carbons (Fsp3) is 0.231. The van der Waals surface area contributed by atoms with E-state index in [0.29, 0.717) is 33.1 Å². The van der Waals surface area contributed by atoms with Gasteiger partial charge in [-0.2, -0.15) is 0 Å². The maximum Gasteiger partial charge on any atom is 0.220 e.